The molecule has 0 saturated carbocycles. The second-order valence-corrected chi connectivity index (χ2v) is 4.17. The quantitative estimate of drug-likeness (QED) is 0.641. The lowest BCUT2D eigenvalue weighted by atomic mass is 10.0. The Hall–Kier alpha value is -1.63. The van der Waals surface area contributed by atoms with Gasteiger partial charge in [0.2, 0.25) is 0 Å². The molecule has 120 valence electrons. The highest BCUT2D eigenvalue weighted by molar-refractivity contribution is 5.79. The molecule has 0 aliphatic carbocycles. The summed E-state index contributed by atoms with van der Waals surface area (Å²) in [6, 6.07) is 3.15. The maximum atomic E-state index is 10.8. The van der Waals surface area contributed by atoms with Crippen molar-refractivity contribution in [2.45, 2.75) is 26.2 Å². The Kier molecular flexibility index (Phi) is 9.36. The fourth-order valence-electron chi connectivity index (χ4n) is 1.47. The molecule has 1 unspecified atom stereocenters. The van der Waals surface area contributed by atoms with Gasteiger partial charge < -0.3 is 24.1 Å². The Balaban J connectivity index is 0.000000567. The standard InChI is InChI=1S/C11H14O4.C4H10O2/c1-7(13)9-5-11(15-3)10(14-2)4-8(9)6-12;1-4(5-2)6-3/h4-7,13H,1-3H3;4H,1-3H3. The molecule has 0 aromatic heterocycles. The lowest BCUT2D eigenvalue weighted by Gasteiger charge is -2.13. The Morgan fingerprint density at radius 3 is 1.76 bits per heavy atom. The first kappa shape index (κ1) is 19.4. The van der Waals surface area contributed by atoms with Gasteiger partial charge in [0.15, 0.2) is 24.1 Å². The number of benzene rings is 1. The van der Waals surface area contributed by atoms with Crippen molar-refractivity contribution in [1.29, 1.82) is 0 Å². The summed E-state index contributed by atoms with van der Waals surface area (Å²) in [5.41, 5.74) is 0.935. The molecular weight excluding hydrogens is 276 g/mol. The molecule has 21 heavy (non-hydrogen) atoms. The van der Waals surface area contributed by atoms with Crippen LogP contribution < -0.4 is 9.47 Å². The zero-order valence-electron chi connectivity index (χ0n) is 13.4. The lowest BCUT2D eigenvalue weighted by Crippen LogP contribution is -2.05. The smallest absolute Gasteiger partial charge is 0.161 e. The first-order chi connectivity index (χ1) is 9.94. The highest BCUT2D eigenvalue weighted by Crippen LogP contribution is 2.32. The number of methoxy groups -OCH3 is 4. The molecule has 6 nitrogen and oxygen atoms in total. The third kappa shape index (κ3) is 6.12. The van der Waals surface area contributed by atoms with E-state index >= 15 is 0 Å². The van der Waals surface area contributed by atoms with Crippen molar-refractivity contribution < 1.29 is 28.8 Å². The van der Waals surface area contributed by atoms with Crippen molar-refractivity contribution in [3.05, 3.63) is 23.3 Å². The van der Waals surface area contributed by atoms with Crippen LogP contribution in [0.3, 0.4) is 0 Å². The van der Waals surface area contributed by atoms with Crippen LogP contribution in [-0.2, 0) is 9.47 Å². The van der Waals surface area contributed by atoms with E-state index in [2.05, 4.69) is 9.47 Å². The summed E-state index contributed by atoms with van der Waals surface area (Å²) in [5.74, 6) is 0.975. The maximum Gasteiger partial charge on any atom is 0.161 e. The van der Waals surface area contributed by atoms with Gasteiger partial charge in [-0.25, -0.2) is 0 Å². The van der Waals surface area contributed by atoms with Crippen LogP contribution in [0.4, 0.5) is 0 Å². The zero-order valence-corrected chi connectivity index (χ0v) is 13.4. The minimum atomic E-state index is -0.718. The number of hydrogen-bond donors (Lipinski definition) is 1. The van der Waals surface area contributed by atoms with E-state index in [1.165, 1.54) is 14.2 Å². The molecule has 6 heteroatoms. The number of aliphatic hydroxyl groups is 1. The van der Waals surface area contributed by atoms with Gasteiger partial charge >= 0.3 is 0 Å². The zero-order chi connectivity index (χ0) is 16.4. The SMILES string of the molecule is COC(C)OC.COc1cc(C=O)c(C(C)O)cc1OC. The molecular formula is C15H24O6. The molecule has 1 N–H and O–H groups in total. The van der Waals surface area contributed by atoms with E-state index in [0.29, 0.717) is 28.9 Å². The Labute approximate surface area is 125 Å². The fourth-order valence-corrected chi connectivity index (χ4v) is 1.47. The van der Waals surface area contributed by atoms with Crippen LogP contribution in [0.15, 0.2) is 12.1 Å². The number of hydrogen-bond acceptors (Lipinski definition) is 6. The van der Waals surface area contributed by atoms with Crippen LogP contribution in [0.2, 0.25) is 0 Å². The molecule has 0 amide bonds. The van der Waals surface area contributed by atoms with Gasteiger partial charge in [0.25, 0.3) is 0 Å². The van der Waals surface area contributed by atoms with Crippen LogP contribution >= 0.6 is 0 Å². The van der Waals surface area contributed by atoms with Crippen LogP contribution in [0, 0.1) is 0 Å². The van der Waals surface area contributed by atoms with Gasteiger partial charge in [-0.3, -0.25) is 4.79 Å². The second kappa shape index (κ2) is 10.1. The van der Waals surface area contributed by atoms with Crippen molar-refractivity contribution in [2.75, 3.05) is 28.4 Å². The normalized spacial score (nSPS) is 11.4. The minimum Gasteiger partial charge on any atom is -0.493 e. The summed E-state index contributed by atoms with van der Waals surface area (Å²) in [4.78, 5) is 10.8. The van der Waals surface area contributed by atoms with Crippen molar-refractivity contribution >= 4 is 6.29 Å². The Morgan fingerprint density at radius 1 is 1.00 bits per heavy atom. The number of carbonyl (C=O) groups is 1. The summed E-state index contributed by atoms with van der Waals surface area (Å²) < 4.78 is 19.5. The van der Waals surface area contributed by atoms with Crippen LogP contribution in [-0.4, -0.2) is 46.1 Å². The first-order valence-corrected chi connectivity index (χ1v) is 6.39. The maximum absolute atomic E-state index is 10.8. The summed E-state index contributed by atoms with van der Waals surface area (Å²) in [7, 11) is 6.21. The molecule has 1 rings (SSSR count). The average molecular weight is 300 g/mol. The summed E-state index contributed by atoms with van der Waals surface area (Å²) in [6.07, 6.45) is -0.0979. The van der Waals surface area contributed by atoms with Crippen LogP contribution in [0.1, 0.15) is 35.9 Å². The molecule has 0 saturated heterocycles. The van der Waals surface area contributed by atoms with E-state index in [1.54, 1.807) is 33.3 Å². The molecule has 0 radical (unpaired) electrons. The summed E-state index contributed by atoms with van der Waals surface area (Å²) in [5, 5.41) is 9.46. The molecule has 0 heterocycles. The van der Waals surface area contributed by atoms with Crippen LogP contribution in [0.25, 0.3) is 0 Å². The van der Waals surface area contributed by atoms with E-state index in [9.17, 15) is 9.90 Å². The monoisotopic (exact) mass is 300 g/mol. The van der Waals surface area contributed by atoms with E-state index < -0.39 is 6.10 Å². The van der Waals surface area contributed by atoms with E-state index in [1.807, 2.05) is 6.92 Å². The topological polar surface area (TPSA) is 74.2 Å². The average Bonchev–Trinajstić information content (AvgIpc) is 2.52. The summed E-state index contributed by atoms with van der Waals surface area (Å²) in [6.45, 7) is 3.42. The lowest BCUT2D eigenvalue weighted by molar-refractivity contribution is -0.0877. The van der Waals surface area contributed by atoms with E-state index in [0.717, 1.165) is 0 Å². The van der Waals surface area contributed by atoms with E-state index in [-0.39, 0.29) is 6.29 Å². The van der Waals surface area contributed by atoms with Gasteiger partial charge in [0.05, 0.1) is 20.3 Å². The predicted octanol–water partition coefficient (Wildman–Crippen LogP) is 2.19. The molecule has 0 fully saturated rings. The molecule has 1 aromatic carbocycles. The molecule has 0 spiro atoms. The van der Waals surface area contributed by atoms with Gasteiger partial charge in [-0.15, -0.1) is 0 Å². The Morgan fingerprint density at radius 2 is 1.48 bits per heavy atom. The predicted molar refractivity (Wildman–Crippen MR) is 79.0 cm³/mol. The number of ether oxygens (including phenoxy) is 4. The number of aliphatic hydroxyl groups excluding tert-OH is 1. The first-order valence-electron chi connectivity index (χ1n) is 6.39. The molecule has 1 aromatic rings. The highest BCUT2D eigenvalue weighted by atomic mass is 16.7. The molecule has 1 atom stereocenters. The van der Waals surface area contributed by atoms with Crippen molar-refractivity contribution in [3.8, 4) is 11.5 Å². The van der Waals surface area contributed by atoms with Crippen molar-refractivity contribution in [3.63, 3.8) is 0 Å². The number of carbonyl (C=O) groups excluding carboxylic acids is 1. The van der Waals surface area contributed by atoms with Gasteiger partial charge in [-0.05, 0) is 31.5 Å². The third-order valence-corrected chi connectivity index (χ3v) is 2.83. The van der Waals surface area contributed by atoms with Gasteiger partial charge in [0, 0.05) is 19.8 Å². The van der Waals surface area contributed by atoms with Crippen molar-refractivity contribution in [1.82, 2.24) is 0 Å². The third-order valence-electron chi connectivity index (χ3n) is 2.83. The second-order valence-electron chi connectivity index (χ2n) is 4.17. The fraction of sp³-hybridized carbons (Fsp3) is 0.533. The number of aldehydes is 1. The molecule has 0 aliphatic rings. The largest absolute Gasteiger partial charge is 0.493 e. The number of rotatable bonds is 6. The van der Waals surface area contributed by atoms with Gasteiger partial charge in [0.1, 0.15) is 0 Å². The molecule has 0 aliphatic heterocycles. The minimum absolute atomic E-state index is 0.0648. The molecule has 0 bridgehead atoms. The Bertz CT molecular complexity index is 426. The van der Waals surface area contributed by atoms with Gasteiger partial charge in [-0.2, -0.15) is 0 Å². The highest BCUT2D eigenvalue weighted by Gasteiger charge is 2.13. The van der Waals surface area contributed by atoms with Gasteiger partial charge in [-0.1, -0.05) is 0 Å². The van der Waals surface area contributed by atoms with Crippen LogP contribution in [0.5, 0.6) is 11.5 Å². The van der Waals surface area contributed by atoms with E-state index in [4.69, 9.17) is 9.47 Å². The van der Waals surface area contributed by atoms with Crippen molar-refractivity contribution in [2.24, 2.45) is 0 Å². The summed E-state index contributed by atoms with van der Waals surface area (Å²) >= 11 is 0.